The van der Waals surface area contributed by atoms with Gasteiger partial charge >= 0.3 is 6.09 Å². The normalized spacial score (nSPS) is 15.7. The smallest absolute Gasteiger partial charge is 0.415 e. The van der Waals surface area contributed by atoms with Gasteiger partial charge in [0.15, 0.2) is 5.82 Å². The minimum Gasteiger partial charge on any atom is -0.480 e. The Kier molecular flexibility index (Phi) is 5.65. The molecule has 0 aliphatic carbocycles. The number of imidazole rings is 1. The minimum absolute atomic E-state index is 0.175. The van der Waals surface area contributed by atoms with E-state index in [1.807, 2.05) is 57.2 Å². The SMILES string of the molecule is CC(C)(C)OC(=O)N1C/C=C/CCOc2cc3c(nc(O)n3Cc3cccc1c3)c(N)n2. The second kappa shape index (κ2) is 8.41. The van der Waals surface area contributed by atoms with Gasteiger partial charge in [0, 0.05) is 18.3 Å². The van der Waals surface area contributed by atoms with Crippen LogP contribution in [-0.2, 0) is 11.3 Å². The Hall–Kier alpha value is -3.75. The average Bonchev–Trinajstić information content (AvgIpc) is 3.02. The van der Waals surface area contributed by atoms with Crippen molar-refractivity contribution in [2.45, 2.75) is 39.3 Å². The van der Waals surface area contributed by atoms with Crippen LogP contribution in [0.3, 0.4) is 0 Å². The molecule has 0 spiro atoms. The molecule has 2 aromatic heterocycles. The lowest BCUT2D eigenvalue weighted by Gasteiger charge is -2.27. The number of pyridine rings is 1. The molecule has 3 N–H and O–H groups in total. The number of carbonyl (C=O) groups is 1. The van der Waals surface area contributed by atoms with Crippen LogP contribution in [0.15, 0.2) is 42.5 Å². The van der Waals surface area contributed by atoms with Crippen molar-refractivity contribution in [1.29, 1.82) is 0 Å². The third-order valence-corrected chi connectivity index (χ3v) is 4.89. The molecule has 3 heterocycles. The van der Waals surface area contributed by atoms with Crippen LogP contribution in [-0.4, -0.2) is 44.5 Å². The molecule has 0 unspecified atom stereocenters. The van der Waals surface area contributed by atoms with Gasteiger partial charge in [0.2, 0.25) is 5.88 Å². The summed E-state index contributed by atoms with van der Waals surface area (Å²) in [4.78, 5) is 22.9. The van der Waals surface area contributed by atoms with Crippen molar-refractivity contribution < 1.29 is 19.4 Å². The van der Waals surface area contributed by atoms with E-state index in [1.54, 1.807) is 15.5 Å². The van der Waals surface area contributed by atoms with Gasteiger partial charge < -0.3 is 20.3 Å². The Morgan fingerprint density at radius 1 is 1.22 bits per heavy atom. The van der Waals surface area contributed by atoms with E-state index in [0.717, 1.165) is 5.56 Å². The highest BCUT2D eigenvalue weighted by Crippen LogP contribution is 2.29. The quantitative estimate of drug-likeness (QED) is 0.513. The first-order valence-corrected chi connectivity index (χ1v) is 10.4. The maximum Gasteiger partial charge on any atom is 0.415 e. The molecule has 9 heteroatoms. The molecule has 9 nitrogen and oxygen atoms in total. The van der Waals surface area contributed by atoms with E-state index in [2.05, 4.69) is 9.97 Å². The zero-order valence-corrected chi connectivity index (χ0v) is 18.4. The third-order valence-electron chi connectivity index (χ3n) is 4.89. The number of fused-ring (bicyclic) bond motifs is 3. The van der Waals surface area contributed by atoms with E-state index in [1.165, 1.54) is 0 Å². The fourth-order valence-electron chi connectivity index (χ4n) is 3.48. The first kappa shape index (κ1) is 21.5. The summed E-state index contributed by atoms with van der Waals surface area (Å²) in [6, 6.07) is 9.08. The van der Waals surface area contributed by atoms with E-state index >= 15 is 0 Å². The van der Waals surface area contributed by atoms with Crippen molar-refractivity contribution in [1.82, 2.24) is 14.5 Å². The molecule has 32 heavy (non-hydrogen) atoms. The van der Waals surface area contributed by atoms with Crippen LogP contribution in [0, 0.1) is 0 Å². The monoisotopic (exact) mass is 437 g/mol. The van der Waals surface area contributed by atoms with Crippen LogP contribution in [0.5, 0.6) is 11.9 Å². The first-order chi connectivity index (χ1) is 15.2. The van der Waals surface area contributed by atoms with Crippen molar-refractivity contribution in [2.75, 3.05) is 23.8 Å². The van der Waals surface area contributed by atoms with Crippen LogP contribution in [0.2, 0.25) is 0 Å². The van der Waals surface area contributed by atoms with Gasteiger partial charge in [-0.2, -0.15) is 9.97 Å². The number of carbonyl (C=O) groups excluding carboxylic acids is 1. The molecule has 3 aromatic rings. The van der Waals surface area contributed by atoms with Gasteiger partial charge in [-0.25, -0.2) is 4.79 Å². The number of nitrogens with zero attached hydrogens (tertiary/aromatic N) is 4. The van der Waals surface area contributed by atoms with E-state index < -0.39 is 11.7 Å². The molecule has 1 aliphatic rings. The lowest BCUT2D eigenvalue weighted by molar-refractivity contribution is 0.0584. The van der Waals surface area contributed by atoms with Crippen LogP contribution in [0.25, 0.3) is 11.0 Å². The summed E-state index contributed by atoms with van der Waals surface area (Å²) >= 11 is 0. The predicted octanol–water partition coefficient (Wildman–Crippen LogP) is 3.85. The topological polar surface area (TPSA) is 116 Å². The Morgan fingerprint density at radius 2 is 2.03 bits per heavy atom. The fourth-order valence-corrected chi connectivity index (χ4v) is 3.48. The molecule has 168 valence electrons. The number of rotatable bonds is 0. The summed E-state index contributed by atoms with van der Waals surface area (Å²) < 4.78 is 13.0. The summed E-state index contributed by atoms with van der Waals surface area (Å²) in [6.07, 6.45) is 4.03. The van der Waals surface area contributed by atoms with Crippen LogP contribution in [0.1, 0.15) is 32.8 Å². The van der Waals surface area contributed by atoms with Gasteiger partial charge in [-0.05, 0) is 44.9 Å². The standard InChI is InChI=1S/C23H27N5O4/c1-23(2,3)32-22(30)27-10-5-4-6-11-31-18-13-17-19(20(24)25-18)26-21(29)28(17)14-15-8-7-9-16(27)12-15/h4-5,7-9,12-13H,6,10-11,14H2,1-3H3,(H2,24,25)(H,26,29)/b5-4+. The largest absolute Gasteiger partial charge is 0.480 e. The average molecular weight is 438 g/mol. The highest BCUT2D eigenvalue weighted by atomic mass is 16.6. The molecule has 1 aliphatic heterocycles. The van der Waals surface area contributed by atoms with Crippen molar-refractivity contribution in [3.8, 4) is 11.9 Å². The van der Waals surface area contributed by atoms with Gasteiger partial charge in [0.05, 0.1) is 18.7 Å². The Bertz CT molecular complexity index is 1180. The molecule has 0 radical (unpaired) electrons. The van der Waals surface area contributed by atoms with Crippen molar-refractivity contribution in [2.24, 2.45) is 0 Å². The number of aromatic hydroxyl groups is 1. The number of hydrogen-bond donors (Lipinski definition) is 2. The Labute approximate surface area is 186 Å². The van der Waals surface area contributed by atoms with Crippen molar-refractivity contribution in [3.05, 3.63) is 48.0 Å². The number of benzene rings is 1. The van der Waals surface area contributed by atoms with Gasteiger partial charge in [0.25, 0.3) is 6.01 Å². The third kappa shape index (κ3) is 4.61. The van der Waals surface area contributed by atoms with Crippen LogP contribution < -0.4 is 15.4 Å². The number of hydrogen-bond acceptors (Lipinski definition) is 7. The second-order valence-corrected chi connectivity index (χ2v) is 8.58. The lowest BCUT2D eigenvalue weighted by Crippen LogP contribution is -2.37. The Morgan fingerprint density at radius 3 is 2.81 bits per heavy atom. The number of nitrogen functional groups attached to an aromatic ring is 1. The zero-order valence-electron chi connectivity index (χ0n) is 18.4. The van der Waals surface area contributed by atoms with Gasteiger partial charge in [-0.3, -0.25) is 9.47 Å². The van der Waals surface area contributed by atoms with E-state index in [-0.39, 0.29) is 11.8 Å². The number of amides is 1. The van der Waals surface area contributed by atoms with E-state index in [9.17, 15) is 9.90 Å². The maximum absolute atomic E-state index is 12.9. The molecular weight excluding hydrogens is 410 g/mol. The van der Waals surface area contributed by atoms with Crippen LogP contribution >= 0.6 is 0 Å². The number of anilines is 2. The highest BCUT2D eigenvalue weighted by molar-refractivity contribution is 5.89. The maximum atomic E-state index is 12.9. The number of ether oxygens (including phenoxy) is 2. The van der Waals surface area contributed by atoms with Crippen molar-refractivity contribution in [3.63, 3.8) is 0 Å². The summed E-state index contributed by atoms with van der Waals surface area (Å²) in [5.41, 5.74) is 8.01. The summed E-state index contributed by atoms with van der Waals surface area (Å²) in [5, 5.41) is 10.5. The van der Waals surface area contributed by atoms with Gasteiger partial charge in [-0.1, -0.05) is 24.3 Å². The summed E-state index contributed by atoms with van der Waals surface area (Å²) in [6.45, 7) is 6.55. The molecule has 1 amide bonds. The van der Waals surface area contributed by atoms with Gasteiger partial charge in [-0.15, -0.1) is 0 Å². The van der Waals surface area contributed by atoms with Crippen molar-refractivity contribution >= 4 is 28.6 Å². The molecule has 1 aromatic carbocycles. The van der Waals surface area contributed by atoms with Crippen LogP contribution in [0.4, 0.5) is 16.3 Å². The predicted molar refractivity (Wildman–Crippen MR) is 122 cm³/mol. The fraction of sp³-hybridized carbons (Fsp3) is 0.348. The molecular formula is C23H27N5O4. The molecule has 0 fully saturated rings. The zero-order chi connectivity index (χ0) is 22.9. The number of nitrogens with two attached hydrogens (primary N) is 1. The molecule has 0 saturated heterocycles. The van der Waals surface area contributed by atoms with E-state index in [0.29, 0.717) is 48.7 Å². The first-order valence-electron chi connectivity index (χ1n) is 10.4. The molecule has 4 rings (SSSR count). The lowest BCUT2D eigenvalue weighted by atomic mass is 10.1. The van der Waals surface area contributed by atoms with Gasteiger partial charge in [0.1, 0.15) is 11.1 Å². The number of aromatic nitrogens is 3. The molecule has 0 saturated carbocycles. The minimum atomic E-state index is -0.617. The highest BCUT2D eigenvalue weighted by Gasteiger charge is 2.23. The summed E-state index contributed by atoms with van der Waals surface area (Å²) in [7, 11) is 0. The molecule has 4 bridgehead atoms. The Balaban J connectivity index is 1.78. The summed E-state index contributed by atoms with van der Waals surface area (Å²) in [5.74, 6) is 0.555. The van der Waals surface area contributed by atoms with E-state index in [4.69, 9.17) is 15.2 Å². The molecule has 0 atom stereocenters. The second-order valence-electron chi connectivity index (χ2n) is 8.58.